The third kappa shape index (κ3) is 7.62. The molecule has 6 unspecified atom stereocenters. The van der Waals surface area contributed by atoms with Crippen molar-refractivity contribution in [3.8, 4) is 22.3 Å². The van der Waals surface area contributed by atoms with Crippen LogP contribution in [0.5, 0.6) is 0 Å². The van der Waals surface area contributed by atoms with Crippen molar-refractivity contribution in [2.24, 2.45) is 0 Å². The van der Waals surface area contributed by atoms with Gasteiger partial charge in [-0.05, 0) is 123 Å². The molecule has 1 heterocycles. The lowest BCUT2D eigenvalue weighted by Gasteiger charge is -2.42. The maximum absolute atomic E-state index is 2.54. The van der Waals surface area contributed by atoms with Crippen LogP contribution in [0.15, 0.2) is 115 Å². The Balaban J connectivity index is 1.81. The summed E-state index contributed by atoms with van der Waals surface area (Å²) in [4.78, 5) is 0. The largest absolute Gasteiger partial charge is 0.0648 e. The van der Waals surface area contributed by atoms with Gasteiger partial charge in [0.25, 0.3) is 0 Å². The second kappa shape index (κ2) is 17.6. The van der Waals surface area contributed by atoms with Crippen molar-refractivity contribution in [3.05, 3.63) is 149 Å². The molecule has 0 saturated carbocycles. The molecule has 1 saturated heterocycles. The van der Waals surface area contributed by atoms with Gasteiger partial charge in [-0.3, -0.25) is 0 Å². The lowest BCUT2D eigenvalue weighted by atomic mass is 9.80. The minimum atomic E-state index is -0.679. The molecular formula is C51H63P. The highest BCUT2D eigenvalue weighted by Gasteiger charge is 2.40. The van der Waals surface area contributed by atoms with E-state index in [1.165, 1.54) is 74.9 Å². The molecule has 5 aromatic rings. The van der Waals surface area contributed by atoms with Crippen LogP contribution in [0.1, 0.15) is 169 Å². The Bertz CT molecular complexity index is 1700. The van der Waals surface area contributed by atoms with E-state index in [9.17, 15) is 0 Å². The highest BCUT2D eigenvalue weighted by molar-refractivity contribution is 7.67. The second-order valence-electron chi connectivity index (χ2n) is 15.8. The fourth-order valence-corrected chi connectivity index (χ4v) is 12.8. The Morgan fingerprint density at radius 2 is 0.769 bits per heavy atom. The molecule has 0 bridgehead atoms. The van der Waals surface area contributed by atoms with E-state index >= 15 is 0 Å². The highest BCUT2D eigenvalue weighted by atomic mass is 31.1. The minimum absolute atomic E-state index is 0.479. The SMILES string of the molecule is CCC(C)c1cccc(C(C)CC)c1-c1cccc(-c2c(C(C)CC)cccc2C(C)CC)c1P1C(c2ccccc2)CCCC1c1ccccc1. The first kappa shape index (κ1) is 38.3. The summed E-state index contributed by atoms with van der Waals surface area (Å²) in [7, 11) is -0.679. The van der Waals surface area contributed by atoms with Crippen LogP contribution in [-0.4, -0.2) is 0 Å². The Kier molecular flexibility index (Phi) is 12.9. The summed E-state index contributed by atoms with van der Waals surface area (Å²) in [5, 5.41) is 1.65. The number of benzene rings is 5. The number of rotatable bonds is 13. The van der Waals surface area contributed by atoms with Gasteiger partial charge in [-0.2, -0.15) is 0 Å². The molecule has 0 aliphatic carbocycles. The van der Waals surface area contributed by atoms with Gasteiger partial charge in [0.2, 0.25) is 0 Å². The summed E-state index contributed by atoms with van der Waals surface area (Å²) in [6.07, 6.45) is 8.28. The Morgan fingerprint density at radius 1 is 0.442 bits per heavy atom. The third-order valence-corrected chi connectivity index (χ3v) is 16.1. The van der Waals surface area contributed by atoms with Gasteiger partial charge in [0, 0.05) is 11.3 Å². The molecule has 0 aromatic heterocycles. The number of hydrogen-bond donors (Lipinski definition) is 0. The maximum Gasteiger partial charge on any atom is 0.00878 e. The standard InChI is InChI=1S/C51H63P/c1-9-35(5)41-27-19-28-42(36(6)10-2)49(41)45-31-21-32-46(50-43(37(7)11-3)29-20-30-44(50)38(8)12-4)51(45)52-47(39-23-15-13-16-24-39)33-22-34-48(52)40-25-17-14-18-26-40/h13-21,23-32,35-38,47-48H,9-12,22,33-34H2,1-8H3. The Morgan fingerprint density at radius 3 is 1.10 bits per heavy atom. The predicted octanol–water partition coefficient (Wildman–Crippen LogP) is 15.8. The van der Waals surface area contributed by atoms with E-state index in [1.807, 2.05) is 0 Å². The second-order valence-corrected chi connectivity index (χ2v) is 18.3. The molecule has 0 amide bonds. The van der Waals surface area contributed by atoms with Gasteiger partial charge < -0.3 is 0 Å². The molecule has 0 spiro atoms. The van der Waals surface area contributed by atoms with Crippen LogP contribution in [0.3, 0.4) is 0 Å². The normalized spacial score (nSPS) is 19.9. The summed E-state index contributed by atoms with van der Waals surface area (Å²) in [5.41, 5.74) is 16.2. The van der Waals surface area contributed by atoms with Crippen LogP contribution >= 0.6 is 7.92 Å². The van der Waals surface area contributed by atoms with Crippen molar-refractivity contribution in [2.45, 2.75) is 135 Å². The number of hydrogen-bond acceptors (Lipinski definition) is 0. The molecule has 272 valence electrons. The average Bonchev–Trinajstić information content (AvgIpc) is 3.21. The lowest BCUT2D eigenvalue weighted by Crippen LogP contribution is -2.23. The minimum Gasteiger partial charge on any atom is -0.0648 e. The summed E-state index contributed by atoms with van der Waals surface area (Å²) in [5.74, 6) is 1.92. The van der Waals surface area contributed by atoms with Crippen molar-refractivity contribution >= 4 is 13.2 Å². The molecule has 0 N–H and O–H groups in total. The molecule has 5 aromatic carbocycles. The van der Waals surface area contributed by atoms with Crippen LogP contribution in [0.25, 0.3) is 22.3 Å². The maximum atomic E-state index is 2.54. The van der Waals surface area contributed by atoms with Crippen LogP contribution in [0, 0.1) is 0 Å². The van der Waals surface area contributed by atoms with E-state index < -0.39 is 7.92 Å². The van der Waals surface area contributed by atoms with E-state index in [2.05, 4.69) is 171 Å². The Hall–Kier alpha value is -3.47. The zero-order valence-corrected chi connectivity index (χ0v) is 34.2. The molecule has 6 rings (SSSR count). The van der Waals surface area contributed by atoms with Crippen molar-refractivity contribution in [1.82, 2.24) is 0 Å². The molecular weight excluding hydrogens is 644 g/mol. The predicted molar refractivity (Wildman–Crippen MR) is 231 cm³/mol. The lowest BCUT2D eigenvalue weighted by molar-refractivity contribution is 0.616. The zero-order chi connectivity index (χ0) is 36.8. The average molecular weight is 707 g/mol. The molecule has 0 nitrogen and oxygen atoms in total. The van der Waals surface area contributed by atoms with Crippen LogP contribution in [0.2, 0.25) is 0 Å². The quantitative estimate of drug-likeness (QED) is 0.107. The molecule has 1 heteroatoms. The van der Waals surface area contributed by atoms with Gasteiger partial charge in [0.1, 0.15) is 0 Å². The first-order valence-corrected chi connectivity index (χ1v) is 22.1. The van der Waals surface area contributed by atoms with Crippen LogP contribution in [-0.2, 0) is 0 Å². The summed E-state index contributed by atoms with van der Waals surface area (Å²) >= 11 is 0. The summed E-state index contributed by atoms with van der Waals surface area (Å²) < 4.78 is 0. The van der Waals surface area contributed by atoms with E-state index in [4.69, 9.17) is 0 Å². The first-order chi connectivity index (χ1) is 25.3. The van der Waals surface area contributed by atoms with Gasteiger partial charge in [-0.1, -0.05) is 185 Å². The fraction of sp³-hybridized carbons (Fsp3) is 0.412. The topological polar surface area (TPSA) is 0 Å². The molecule has 1 aliphatic rings. The smallest absolute Gasteiger partial charge is 0.00878 e. The molecule has 1 aliphatic heterocycles. The van der Waals surface area contributed by atoms with E-state index in [1.54, 1.807) is 5.30 Å². The van der Waals surface area contributed by atoms with Crippen molar-refractivity contribution in [3.63, 3.8) is 0 Å². The summed E-state index contributed by atoms with van der Waals surface area (Å²) in [6.45, 7) is 19.3. The zero-order valence-electron chi connectivity index (χ0n) is 33.3. The van der Waals surface area contributed by atoms with Crippen LogP contribution < -0.4 is 5.30 Å². The highest BCUT2D eigenvalue weighted by Crippen LogP contribution is 2.69. The van der Waals surface area contributed by atoms with Gasteiger partial charge in [-0.15, -0.1) is 0 Å². The third-order valence-electron chi connectivity index (χ3n) is 12.7. The van der Waals surface area contributed by atoms with E-state index in [-0.39, 0.29) is 0 Å². The molecule has 52 heavy (non-hydrogen) atoms. The van der Waals surface area contributed by atoms with Crippen molar-refractivity contribution < 1.29 is 0 Å². The van der Waals surface area contributed by atoms with E-state index in [0.29, 0.717) is 35.0 Å². The van der Waals surface area contributed by atoms with Gasteiger partial charge in [-0.25, -0.2) is 0 Å². The molecule has 0 radical (unpaired) electrons. The van der Waals surface area contributed by atoms with E-state index in [0.717, 1.165) is 25.7 Å². The molecule has 1 fully saturated rings. The summed E-state index contributed by atoms with van der Waals surface area (Å²) in [6, 6.07) is 45.3. The van der Waals surface area contributed by atoms with Gasteiger partial charge in [0.15, 0.2) is 0 Å². The van der Waals surface area contributed by atoms with Gasteiger partial charge >= 0.3 is 0 Å². The van der Waals surface area contributed by atoms with Crippen molar-refractivity contribution in [2.75, 3.05) is 0 Å². The molecule has 6 atom stereocenters. The van der Waals surface area contributed by atoms with Crippen LogP contribution in [0.4, 0.5) is 0 Å². The fourth-order valence-electron chi connectivity index (χ4n) is 8.86. The van der Waals surface area contributed by atoms with Crippen molar-refractivity contribution in [1.29, 1.82) is 0 Å². The Labute approximate surface area is 318 Å². The monoisotopic (exact) mass is 706 g/mol. The van der Waals surface area contributed by atoms with Gasteiger partial charge in [0.05, 0.1) is 0 Å². The first-order valence-electron chi connectivity index (χ1n) is 20.6.